The minimum atomic E-state index is 0.0307. The third-order valence-corrected chi connectivity index (χ3v) is 8.81. The zero-order valence-electron chi connectivity index (χ0n) is 20.3. The summed E-state index contributed by atoms with van der Waals surface area (Å²) in [5, 5.41) is 0. The quantitative estimate of drug-likeness (QED) is 0.260. The van der Waals surface area contributed by atoms with Crippen LogP contribution >= 0.6 is 22.6 Å². The predicted molar refractivity (Wildman–Crippen MR) is 156 cm³/mol. The Kier molecular flexibility index (Phi) is 6.96. The van der Waals surface area contributed by atoms with E-state index in [0.29, 0.717) is 0 Å². The molecule has 3 aromatic carbocycles. The molecule has 0 amide bonds. The zero-order chi connectivity index (χ0) is 24.4. The van der Waals surface area contributed by atoms with Gasteiger partial charge < -0.3 is 21.3 Å². The first kappa shape index (κ1) is 24.0. The molecule has 1 saturated carbocycles. The number of hydrogen-bond donors (Lipinski definition) is 2. The molecule has 0 bridgehead atoms. The van der Waals surface area contributed by atoms with Crippen molar-refractivity contribution in [2.75, 3.05) is 36.0 Å². The monoisotopic (exact) mass is 578 g/mol. The summed E-state index contributed by atoms with van der Waals surface area (Å²) in [6.45, 7) is 7.58. The van der Waals surface area contributed by atoms with Gasteiger partial charge in [-0.1, -0.05) is 68.3 Å². The summed E-state index contributed by atoms with van der Waals surface area (Å²) < 4.78 is 1.18. The molecule has 1 aliphatic carbocycles. The van der Waals surface area contributed by atoms with E-state index in [2.05, 4.69) is 87.0 Å². The second kappa shape index (κ2) is 10.1. The average molecular weight is 579 g/mol. The molecule has 0 aromatic heterocycles. The summed E-state index contributed by atoms with van der Waals surface area (Å²) >= 11 is 2.41. The number of nitrogens with zero attached hydrogens (tertiary/aromatic N) is 2. The van der Waals surface area contributed by atoms with E-state index in [4.69, 9.17) is 18.0 Å². The summed E-state index contributed by atoms with van der Waals surface area (Å²) in [4.78, 5) is 5.10. The van der Waals surface area contributed by atoms with Gasteiger partial charge in [-0.2, -0.15) is 0 Å². The average Bonchev–Trinajstić information content (AvgIpc) is 2.89. The summed E-state index contributed by atoms with van der Waals surface area (Å²) in [6, 6.07) is 25.9. The van der Waals surface area contributed by atoms with Gasteiger partial charge >= 0.3 is 0 Å². The van der Waals surface area contributed by atoms with Gasteiger partial charge in [0.05, 0.1) is 11.7 Å². The molecule has 0 radical (unpaired) electrons. The molecule has 3 aromatic rings. The molecule has 5 heteroatoms. The van der Waals surface area contributed by atoms with Crippen molar-refractivity contribution in [3.05, 3.63) is 99.8 Å². The summed E-state index contributed by atoms with van der Waals surface area (Å²) in [7, 11) is 0. The van der Waals surface area contributed by atoms with Crippen LogP contribution in [0.4, 0.5) is 17.1 Å². The van der Waals surface area contributed by atoms with E-state index in [1.807, 2.05) is 18.2 Å². The minimum Gasteiger partial charge on any atom is -0.399 e. The fourth-order valence-corrected chi connectivity index (χ4v) is 6.88. The van der Waals surface area contributed by atoms with E-state index in [0.717, 1.165) is 31.0 Å². The second-order valence-electron chi connectivity index (χ2n) is 9.99. The number of anilines is 3. The van der Waals surface area contributed by atoms with Gasteiger partial charge in [0.25, 0.3) is 0 Å². The lowest BCUT2D eigenvalue weighted by atomic mass is 9.67. The third-order valence-electron chi connectivity index (χ3n) is 7.95. The molecule has 1 atom stereocenters. The Labute approximate surface area is 223 Å². The van der Waals surface area contributed by atoms with Crippen LogP contribution in [-0.4, -0.2) is 24.5 Å². The molecule has 2 aliphatic rings. The molecule has 1 heterocycles. The minimum absolute atomic E-state index is 0.0307. The maximum absolute atomic E-state index is 6.08. The standard InChI is InChI=1S/C30H35IN4/c1-22(30(16-6-3-7-17-30)24-8-4-2-5-9-24)34-18-19-35(28-15-14-26(33)20-27(28)31)29(21-34)23-10-12-25(32)13-11-23/h2,4-5,8-15,20,29H,1,3,6-7,16-19,21,32-33H2. The highest BCUT2D eigenvalue weighted by atomic mass is 127. The lowest BCUT2D eigenvalue weighted by Gasteiger charge is -2.50. The Morgan fingerprint density at radius 1 is 0.857 bits per heavy atom. The van der Waals surface area contributed by atoms with E-state index >= 15 is 0 Å². The molecule has 1 aliphatic heterocycles. The van der Waals surface area contributed by atoms with Crippen molar-refractivity contribution >= 4 is 39.7 Å². The van der Waals surface area contributed by atoms with Crippen molar-refractivity contribution < 1.29 is 0 Å². The van der Waals surface area contributed by atoms with Crippen LogP contribution < -0.4 is 16.4 Å². The Bertz CT molecular complexity index is 1170. The number of halogens is 1. The van der Waals surface area contributed by atoms with E-state index in [9.17, 15) is 0 Å². The topological polar surface area (TPSA) is 58.5 Å². The molecule has 182 valence electrons. The van der Waals surface area contributed by atoms with Crippen molar-refractivity contribution in [3.8, 4) is 0 Å². The Morgan fingerprint density at radius 3 is 2.23 bits per heavy atom. The molecular formula is C30H35IN4. The fourth-order valence-electron chi connectivity index (χ4n) is 6.04. The van der Waals surface area contributed by atoms with Crippen LogP contribution in [0.1, 0.15) is 49.3 Å². The van der Waals surface area contributed by atoms with Crippen LogP contribution in [0.15, 0.2) is 85.1 Å². The molecule has 2 fully saturated rings. The Balaban J connectivity index is 1.50. The van der Waals surface area contributed by atoms with E-state index in [-0.39, 0.29) is 11.5 Å². The van der Waals surface area contributed by atoms with Crippen LogP contribution in [-0.2, 0) is 5.41 Å². The molecule has 5 rings (SSSR count). The lowest BCUT2D eigenvalue weighted by Crippen LogP contribution is -2.51. The number of benzene rings is 3. The number of nitrogens with two attached hydrogens (primary N) is 2. The normalized spacial score (nSPS) is 20.0. The van der Waals surface area contributed by atoms with Crippen molar-refractivity contribution in [2.24, 2.45) is 0 Å². The predicted octanol–water partition coefficient (Wildman–Crippen LogP) is 6.73. The number of piperazine rings is 1. The highest BCUT2D eigenvalue weighted by Crippen LogP contribution is 2.47. The molecule has 1 unspecified atom stereocenters. The first-order valence-corrected chi connectivity index (χ1v) is 13.7. The van der Waals surface area contributed by atoms with E-state index in [1.165, 1.54) is 58.2 Å². The lowest BCUT2D eigenvalue weighted by molar-refractivity contribution is 0.206. The Morgan fingerprint density at radius 2 is 1.54 bits per heavy atom. The molecule has 35 heavy (non-hydrogen) atoms. The van der Waals surface area contributed by atoms with Crippen molar-refractivity contribution in [1.29, 1.82) is 0 Å². The van der Waals surface area contributed by atoms with Crippen LogP contribution in [0.5, 0.6) is 0 Å². The van der Waals surface area contributed by atoms with Crippen LogP contribution in [0, 0.1) is 3.57 Å². The van der Waals surface area contributed by atoms with Crippen LogP contribution in [0.3, 0.4) is 0 Å². The maximum Gasteiger partial charge on any atom is 0.0718 e. The number of hydrogen-bond acceptors (Lipinski definition) is 4. The summed E-state index contributed by atoms with van der Waals surface area (Å²) in [5.41, 5.74) is 19.0. The van der Waals surface area contributed by atoms with Gasteiger partial charge in [0.15, 0.2) is 0 Å². The number of nitrogen functional groups attached to an aromatic ring is 2. The van der Waals surface area contributed by atoms with Gasteiger partial charge in [-0.3, -0.25) is 0 Å². The largest absolute Gasteiger partial charge is 0.399 e. The van der Waals surface area contributed by atoms with Gasteiger partial charge in [0, 0.05) is 45.7 Å². The number of allylic oxidation sites excluding steroid dienone is 1. The highest BCUT2D eigenvalue weighted by Gasteiger charge is 2.41. The zero-order valence-corrected chi connectivity index (χ0v) is 22.5. The number of rotatable bonds is 5. The van der Waals surface area contributed by atoms with Gasteiger partial charge in [0.1, 0.15) is 0 Å². The second-order valence-corrected chi connectivity index (χ2v) is 11.2. The van der Waals surface area contributed by atoms with Crippen LogP contribution in [0.25, 0.3) is 0 Å². The third kappa shape index (κ3) is 4.75. The van der Waals surface area contributed by atoms with E-state index in [1.54, 1.807) is 0 Å². The van der Waals surface area contributed by atoms with Crippen molar-refractivity contribution in [2.45, 2.75) is 43.6 Å². The van der Waals surface area contributed by atoms with Gasteiger partial charge in [-0.05, 0) is 76.9 Å². The SMILES string of the molecule is C=C(N1CCN(c2ccc(N)cc2I)C(c2ccc(N)cc2)C1)C1(c2ccccc2)CCCCC1. The van der Waals surface area contributed by atoms with Crippen molar-refractivity contribution in [1.82, 2.24) is 4.90 Å². The van der Waals surface area contributed by atoms with Crippen molar-refractivity contribution in [3.63, 3.8) is 0 Å². The first-order valence-electron chi connectivity index (χ1n) is 12.6. The first-order chi connectivity index (χ1) is 17.0. The Hall–Kier alpha value is -2.67. The molecule has 4 nitrogen and oxygen atoms in total. The molecule has 1 saturated heterocycles. The molecule has 0 spiro atoms. The molecular weight excluding hydrogens is 543 g/mol. The van der Waals surface area contributed by atoms with Gasteiger partial charge in [-0.15, -0.1) is 0 Å². The van der Waals surface area contributed by atoms with Gasteiger partial charge in [-0.25, -0.2) is 0 Å². The van der Waals surface area contributed by atoms with Gasteiger partial charge in [0.2, 0.25) is 0 Å². The maximum atomic E-state index is 6.08. The fraction of sp³-hybridized carbons (Fsp3) is 0.333. The smallest absolute Gasteiger partial charge is 0.0718 e. The van der Waals surface area contributed by atoms with E-state index < -0.39 is 0 Å². The molecule has 4 N–H and O–H groups in total. The summed E-state index contributed by atoms with van der Waals surface area (Å²) in [6.07, 6.45) is 6.20. The van der Waals surface area contributed by atoms with Crippen LogP contribution in [0.2, 0.25) is 0 Å². The highest BCUT2D eigenvalue weighted by molar-refractivity contribution is 14.1. The summed E-state index contributed by atoms with van der Waals surface area (Å²) in [5.74, 6) is 0.